The molecule has 10 N–H and O–H groups in total. The van der Waals surface area contributed by atoms with Crippen LogP contribution in [0.15, 0.2) is 36.8 Å². The zero-order valence-electron chi connectivity index (χ0n) is 21.0. The van der Waals surface area contributed by atoms with Crippen molar-refractivity contribution in [1.29, 1.82) is 0 Å². The second-order valence-electron chi connectivity index (χ2n) is 9.12. The summed E-state index contributed by atoms with van der Waals surface area (Å²) < 4.78 is 0. The molecule has 1 aromatic heterocycles. The first kappa shape index (κ1) is 29.8. The van der Waals surface area contributed by atoms with Crippen molar-refractivity contribution in [3.63, 3.8) is 0 Å². The Morgan fingerprint density at radius 3 is 2.08 bits per heavy atom. The van der Waals surface area contributed by atoms with Gasteiger partial charge in [0.15, 0.2) is 0 Å². The number of nitrogens with zero attached hydrogens (tertiary/aromatic N) is 1. The van der Waals surface area contributed by atoms with Crippen LogP contribution in [-0.2, 0) is 36.8 Å². The van der Waals surface area contributed by atoms with Gasteiger partial charge < -0.3 is 42.6 Å². The van der Waals surface area contributed by atoms with Crippen LogP contribution in [0.2, 0.25) is 0 Å². The van der Waals surface area contributed by atoms with Gasteiger partial charge in [-0.1, -0.05) is 26.0 Å². The van der Waals surface area contributed by atoms with Gasteiger partial charge in [-0.05, 0) is 23.6 Å². The predicted molar refractivity (Wildman–Crippen MR) is 134 cm³/mol. The summed E-state index contributed by atoms with van der Waals surface area (Å²) in [6, 6.07) is 0.816. The Bertz CT molecular complexity index is 1120. The Morgan fingerprint density at radius 2 is 1.55 bits per heavy atom. The average Bonchev–Trinajstić information content (AvgIpc) is 3.35. The molecule has 0 bridgehead atoms. The van der Waals surface area contributed by atoms with Crippen LogP contribution >= 0.6 is 0 Å². The van der Waals surface area contributed by atoms with E-state index in [1.807, 2.05) is 0 Å². The van der Waals surface area contributed by atoms with Crippen molar-refractivity contribution in [2.75, 3.05) is 0 Å². The Balaban J connectivity index is 2.23. The summed E-state index contributed by atoms with van der Waals surface area (Å²) in [5, 5.41) is 26.2. The van der Waals surface area contributed by atoms with Crippen molar-refractivity contribution < 1.29 is 34.2 Å². The third-order valence-electron chi connectivity index (χ3n) is 5.61. The normalized spacial score (nSPS) is 14.1. The molecule has 0 aliphatic heterocycles. The largest absolute Gasteiger partial charge is 0.508 e. The van der Waals surface area contributed by atoms with Gasteiger partial charge in [0.25, 0.3) is 0 Å². The lowest BCUT2D eigenvalue weighted by molar-refractivity contribution is -0.143. The first-order valence-corrected chi connectivity index (χ1v) is 11.8. The number of H-pyrrole nitrogens is 1. The number of primary amides is 1. The number of hydrogen-bond acceptors (Lipinski definition) is 8. The molecule has 1 aromatic carbocycles. The SMILES string of the molecule is CC(C)C(NC(=O)C(CC(N)=O)NC(=O)C(Cc1ccc(O)cc1)NC(=O)C(N)Cc1cnc[nH]1)C(=O)O. The van der Waals surface area contributed by atoms with Gasteiger partial charge in [-0.2, -0.15) is 0 Å². The van der Waals surface area contributed by atoms with Gasteiger partial charge in [-0.15, -0.1) is 0 Å². The molecule has 14 nitrogen and oxygen atoms in total. The number of aromatic hydroxyl groups is 1. The molecule has 4 atom stereocenters. The van der Waals surface area contributed by atoms with E-state index in [0.717, 1.165) is 0 Å². The number of rotatable bonds is 14. The minimum Gasteiger partial charge on any atom is -0.508 e. The van der Waals surface area contributed by atoms with Gasteiger partial charge >= 0.3 is 5.97 Å². The number of nitrogens with one attached hydrogen (secondary N) is 4. The number of carboxylic acid groups (broad SMARTS) is 1. The molecule has 2 rings (SSSR count). The van der Waals surface area contributed by atoms with Crippen molar-refractivity contribution in [3.8, 4) is 5.75 Å². The monoisotopic (exact) mass is 531 g/mol. The minimum absolute atomic E-state index is 0.00306. The Hall–Kier alpha value is -4.46. The van der Waals surface area contributed by atoms with Crippen molar-refractivity contribution in [1.82, 2.24) is 25.9 Å². The van der Waals surface area contributed by atoms with Gasteiger partial charge in [0.2, 0.25) is 23.6 Å². The molecule has 206 valence electrons. The number of phenolic OH excluding ortho intramolecular Hbond substituents is 1. The lowest BCUT2D eigenvalue weighted by Crippen LogP contribution is -2.58. The van der Waals surface area contributed by atoms with E-state index in [9.17, 15) is 34.2 Å². The summed E-state index contributed by atoms with van der Waals surface area (Å²) >= 11 is 0. The Kier molecular flexibility index (Phi) is 10.8. The summed E-state index contributed by atoms with van der Waals surface area (Å²) in [7, 11) is 0. The second-order valence-corrected chi connectivity index (χ2v) is 9.12. The van der Waals surface area contributed by atoms with Crippen LogP contribution in [0.25, 0.3) is 0 Å². The topological polar surface area (TPSA) is 243 Å². The molecule has 38 heavy (non-hydrogen) atoms. The number of hydrogen-bond donors (Lipinski definition) is 8. The first-order chi connectivity index (χ1) is 17.9. The number of carboxylic acids is 1. The highest BCUT2D eigenvalue weighted by atomic mass is 16.4. The number of aromatic nitrogens is 2. The quantitative estimate of drug-likeness (QED) is 0.138. The number of benzene rings is 1. The molecule has 2 aromatic rings. The van der Waals surface area contributed by atoms with E-state index in [1.54, 1.807) is 26.0 Å². The zero-order valence-corrected chi connectivity index (χ0v) is 21.0. The van der Waals surface area contributed by atoms with Crippen LogP contribution in [0.3, 0.4) is 0 Å². The third-order valence-corrected chi connectivity index (χ3v) is 5.61. The molecule has 0 saturated carbocycles. The maximum atomic E-state index is 13.3. The van der Waals surface area contributed by atoms with E-state index in [1.165, 1.54) is 24.7 Å². The van der Waals surface area contributed by atoms with Gasteiger partial charge in [0.05, 0.1) is 18.8 Å². The van der Waals surface area contributed by atoms with Crippen molar-refractivity contribution >= 4 is 29.6 Å². The molecule has 0 radical (unpaired) electrons. The molecule has 0 fully saturated rings. The number of amides is 4. The molecule has 1 heterocycles. The molecule has 4 unspecified atom stereocenters. The van der Waals surface area contributed by atoms with Gasteiger partial charge in [0, 0.05) is 24.7 Å². The van der Waals surface area contributed by atoms with Crippen molar-refractivity contribution in [3.05, 3.63) is 48.0 Å². The number of carbonyl (C=O) groups excluding carboxylic acids is 4. The number of aromatic amines is 1. The highest BCUT2D eigenvalue weighted by Crippen LogP contribution is 2.12. The number of phenols is 1. The summed E-state index contributed by atoms with van der Waals surface area (Å²) in [4.78, 5) is 68.7. The maximum Gasteiger partial charge on any atom is 0.326 e. The lowest BCUT2D eigenvalue weighted by atomic mass is 10.0. The fraction of sp³-hybridized carbons (Fsp3) is 0.417. The van der Waals surface area contributed by atoms with E-state index in [-0.39, 0.29) is 18.6 Å². The Morgan fingerprint density at radius 1 is 0.947 bits per heavy atom. The third kappa shape index (κ3) is 9.20. The molecule has 4 amide bonds. The number of carbonyl (C=O) groups is 5. The minimum atomic E-state index is -1.50. The average molecular weight is 532 g/mol. The predicted octanol–water partition coefficient (Wildman–Crippen LogP) is -1.70. The standard InChI is InChI=1S/C24H33N7O7/c1-12(2)20(24(37)38)31-23(36)18(9-19(26)33)30-22(35)17(7-13-3-5-15(32)6-4-13)29-21(34)16(25)8-14-10-27-11-28-14/h3-6,10-12,16-18,20,32H,7-9,25H2,1-2H3,(H2,26,33)(H,27,28)(H,29,34)(H,30,35)(H,31,36)(H,37,38). The molecule has 0 aliphatic carbocycles. The summed E-state index contributed by atoms with van der Waals surface area (Å²) in [6.45, 7) is 3.16. The van der Waals surface area contributed by atoms with Gasteiger partial charge in [-0.25, -0.2) is 9.78 Å². The summed E-state index contributed by atoms with van der Waals surface area (Å²) in [6.07, 6.45) is 2.38. The number of nitrogens with two attached hydrogens (primary N) is 2. The number of imidazole rings is 1. The van der Waals surface area contributed by atoms with Crippen LogP contribution < -0.4 is 27.4 Å². The van der Waals surface area contributed by atoms with Crippen LogP contribution in [0, 0.1) is 5.92 Å². The maximum absolute atomic E-state index is 13.3. The van der Waals surface area contributed by atoms with Crippen LogP contribution in [0.5, 0.6) is 5.75 Å². The van der Waals surface area contributed by atoms with Crippen molar-refractivity contribution in [2.45, 2.75) is 57.3 Å². The van der Waals surface area contributed by atoms with Crippen LogP contribution in [0.1, 0.15) is 31.5 Å². The van der Waals surface area contributed by atoms with E-state index < -0.39 is 66.1 Å². The van der Waals surface area contributed by atoms with Crippen molar-refractivity contribution in [2.24, 2.45) is 17.4 Å². The molecule has 0 spiro atoms. The second kappa shape index (κ2) is 13.7. The molecule has 14 heteroatoms. The fourth-order valence-corrected chi connectivity index (χ4v) is 3.53. The van der Waals surface area contributed by atoms with Gasteiger partial charge in [0.1, 0.15) is 23.9 Å². The highest BCUT2D eigenvalue weighted by Gasteiger charge is 2.32. The Labute approximate surface area is 218 Å². The molecular weight excluding hydrogens is 498 g/mol. The molecule has 0 aliphatic rings. The fourth-order valence-electron chi connectivity index (χ4n) is 3.53. The van der Waals surface area contributed by atoms with E-state index in [4.69, 9.17) is 11.5 Å². The van der Waals surface area contributed by atoms with E-state index in [0.29, 0.717) is 11.3 Å². The molecular formula is C24H33N7O7. The van der Waals surface area contributed by atoms with E-state index >= 15 is 0 Å². The summed E-state index contributed by atoms with van der Waals surface area (Å²) in [5.74, 6) is -5.12. The molecule has 0 saturated heterocycles. The van der Waals surface area contributed by atoms with Gasteiger partial charge in [-0.3, -0.25) is 19.2 Å². The number of aliphatic carboxylic acids is 1. The first-order valence-electron chi connectivity index (χ1n) is 11.8. The smallest absolute Gasteiger partial charge is 0.326 e. The zero-order chi connectivity index (χ0) is 28.4. The van der Waals surface area contributed by atoms with Crippen LogP contribution in [-0.4, -0.2) is 73.9 Å². The highest BCUT2D eigenvalue weighted by molar-refractivity contribution is 5.96. The van der Waals surface area contributed by atoms with Crippen LogP contribution in [0.4, 0.5) is 0 Å². The summed E-state index contributed by atoms with van der Waals surface area (Å²) in [5.41, 5.74) is 12.4. The lowest BCUT2D eigenvalue weighted by Gasteiger charge is -2.25. The van der Waals surface area contributed by atoms with E-state index in [2.05, 4.69) is 25.9 Å².